The van der Waals surface area contributed by atoms with E-state index in [9.17, 15) is 4.79 Å². The maximum Gasteiger partial charge on any atom is 0.412 e. The average Bonchev–Trinajstić information content (AvgIpc) is 2.32. The average molecular weight is 267 g/mol. The molecular weight excluding hydrogens is 242 g/mol. The van der Waals surface area contributed by atoms with Crippen molar-refractivity contribution in [2.75, 3.05) is 12.4 Å². The number of hydrogen-bond donors (Lipinski definition) is 1. The summed E-state index contributed by atoms with van der Waals surface area (Å²) in [5.41, 5.74) is 1.17. The number of carbonyl (C=O) groups excluding carboxylic acids is 1. The van der Waals surface area contributed by atoms with Crippen LogP contribution in [0.5, 0.6) is 5.75 Å². The van der Waals surface area contributed by atoms with E-state index in [-0.39, 0.29) is 0 Å². The topological polar surface area (TPSA) is 47.6 Å². The zero-order valence-corrected chi connectivity index (χ0v) is 13.0. The maximum absolute atomic E-state index is 11.5. The molecule has 0 fully saturated rings. The number of hydrogen-bond acceptors (Lipinski definition) is 3. The minimum atomic E-state index is -0.501. The van der Waals surface area contributed by atoms with Crippen molar-refractivity contribution in [3.63, 3.8) is 0 Å². The van der Waals surface area contributed by atoms with Gasteiger partial charge in [0.25, 0.3) is 0 Å². The van der Waals surface area contributed by atoms with Gasteiger partial charge in [-0.2, -0.15) is 0 Å². The van der Waals surface area contributed by atoms with Crippen molar-refractivity contribution in [1.82, 2.24) is 0 Å². The number of benzene rings is 1. The molecule has 0 radical (unpaired) electrons. The highest BCUT2D eigenvalue weighted by Crippen LogP contribution is 2.22. The third-order valence-corrected chi connectivity index (χ3v) is 2.05. The highest BCUT2D eigenvalue weighted by molar-refractivity contribution is 5.85. The van der Waals surface area contributed by atoms with E-state index in [0.29, 0.717) is 5.69 Å². The van der Waals surface area contributed by atoms with E-state index >= 15 is 0 Å². The first kappa shape index (κ1) is 17.3. The van der Waals surface area contributed by atoms with Gasteiger partial charge in [0, 0.05) is 11.8 Å². The van der Waals surface area contributed by atoms with Crippen LogP contribution in [-0.4, -0.2) is 18.8 Å². The van der Waals surface area contributed by atoms with E-state index in [2.05, 4.69) is 5.32 Å². The summed E-state index contributed by atoms with van der Waals surface area (Å²) in [6.45, 7) is 11.4. The fourth-order valence-electron chi connectivity index (χ4n) is 1.32. The van der Waals surface area contributed by atoms with Crippen molar-refractivity contribution in [2.24, 2.45) is 0 Å². The smallest absolute Gasteiger partial charge is 0.412 e. The molecule has 0 unspecified atom stereocenters. The number of amides is 1. The molecule has 4 heteroatoms. The van der Waals surface area contributed by atoms with E-state index in [1.54, 1.807) is 13.2 Å². The lowest BCUT2D eigenvalue weighted by atomic mass is 10.2. The Bertz CT molecular complexity index is 408. The molecule has 1 aromatic carbocycles. The van der Waals surface area contributed by atoms with Crippen LogP contribution >= 0.6 is 0 Å². The Morgan fingerprint density at radius 1 is 1.21 bits per heavy atom. The van der Waals surface area contributed by atoms with Gasteiger partial charge >= 0.3 is 6.09 Å². The van der Waals surface area contributed by atoms with E-state index in [1.165, 1.54) is 0 Å². The molecule has 0 saturated heterocycles. The summed E-state index contributed by atoms with van der Waals surface area (Å²) in [5.74, 6) is 0.735. The molecule has 0 saturated carbocycles. The molecule has 0 spiro atoms. The SMILES string of the molecule is CC.COc1cc(NC(=O)OC(C)(C)C)ccc1C. The van der Waals surface area contributed by atoms with Crippen LogP contribution in [0.15, 0.2) is 18.2 Å². The van der Waals surface area contributed by atoms with Crippen LogP contribution in [0.25, 0.3) is 0 Å². The minimum Gasteiger partial charge on any atom is -0.496 e. The molecule has 0 aliphatic rings. The van der Waals surface area contributed by atoms with E-state index in [1.807, 2.05) is 53.7 Å². The molecule has 1 amide bonds. The summed E-state index contributed by atoms with van der Waals surface area (Å²) in [7, 11) is 1.60. The molecule has 0 aromatic heterocycles. The fourth-order valence-corrected chi connectivity index (χ4v) is 1.32. The van der Waals surface area contributed by atoms with Crippen molar-refractivity contribution in [2.45, 2.75) is 47.1 Å². The Morgan fingerprint density at radius 3 is 2.26 bits per heavy atom. The Labute approximate surface area is 116 Å². The van der Waals surface area contributed by atoms with Gasteiger partial charge in [-0.15, -0.1) is 0 Å². The third-order valence-electron chi connectivity index (χ3n) is 2.05. The molecule has 0 heterocycles. The number of methoxy groups -OCH3 is 1. The Kier molecular flexibility index (Phi) is 6.98. The normalized spacial score (nSPS) is 10.1. The Hall–Kier alpha value is -1.71. The highest BCUT2D eigenvalue weighted by Gasteiger charge is 2.16. The van der Waals surface area contributed by atoms with Crippen molar-refractivity contribution >= 4 is 11.8 Å². The molecule has 0 atom stereocenters. The van der Waals surface area contributed by atoms with Crippen LogP contribution in [0.2, 0.25) is 0 Å². The predicted octanol–water partition coefficient (Wildman–Crippen LogP) is 4.38. The number of carbonyl (C=O) groups is 1. The van der Waals surface area contributed by atoms with Crippen molar-refractivity contribution < 1.29 is 14.3 Å². The lowest BCUT2D eigenvalue weighted by Crippen LogP contribution is -2.27. The van der Waals surface area contributed by atoms with Crippen molar-refractivity contribution in [1.29, 1.82) is 0 Å². The van der Waals surface area contributed by atoms with E-state index < -0.39 is 11.7 Å². The summed E-state index contributed by atoms with van der Waals surface area (Å²) in [6.07, 6.45) is -0.469. The Balaban J connectivity index is 0.00000154. The standard InChI is InChI=1S/C13H19NO3.C2H6/c1-9-6-7-10(8-11(9)16-5)14-12(15)17-13(2,3)4;1-2/h6-8H,1-5H3,(H,14,15);1-2H3. The van der Waals surface area contributed by atoms with Crippen molar-refractivity contribution in [3.8, 4) is 5.75 Å². The summed E-state index contributed by atoms with van der Waals surface area (Å²) < 4.78 is 10.3. The molecular formula is C15H25NO3. The molecule has 0 aliphatic heterocycles. The minimum absolute atomic E-state index is 0.469. The molecule has 4 nitrogen and oxygen atoms in total. The third kappa shape index (κ3) is 6.70. The van der Waals surface area contributed by atoms with Gasteiger partial charge in [-0.3, -0.25) is 5.32 Å². The zero-order valence-electron chi connectivity index (χ0n) is 13.0. The van der Waals surface area contributed by atoms with Crippen LogP contribution in [0.3, 0.4) is 0 Å². The first-order chi connectivity index (χ1) is 8.81. The quantitative estimate of drug-likeness (QED) is 0.865. The van der Waals surface area contributed by atoms with Crippen LogP contribution < -0.4 is 10.1 Å². The van der Waals surface area contributed by atoms with Gasteiger partial charge in [-0.1, -0.05) is 19.9 Å². The summed E-state index contributed by atoms with van der Waals surface area (Å²) in [4.78, 5) is 11.5. The van der Waals surface area contributed by atoms with Gasteiger partial charge in [-0.25, -0.2) is 4.79 Å². The molecule has 0 bridgehead atoms. The first-order valence-corrected chi connectivity index (χ1v) is 6.46. The number of aryl methyl sites for hydroxylation is 1. The van der Waals surface area contributed by atoms with Crippen LogP contribution in [0, 0.1) is 6.92 Å². The lowest BCUT2D eigenvalue weighted by Gasteiger charge is -2.19. The summed E-state index contributed by atoms with van der Waals surface area (Å²) in [6, 6.07) is 5.45. The zero-order chi connectivity index (χ0) is 15.1. The first-order valence-electron chi connectivity index (χ1n) is 6.46. The summed E-state index contributed by atoms with van der Waals surface area (Å²) >= 11 is 0. The van der Waals surface area contributed by atoms with E-state index in [0.717, 1.165) is 11.3 Å². The molecule has 1 aromatic rings. The Morgan fingerprint density at radius 2 is 1.79 bits per heavy atom. The second-order valence-electron chi connectivity index (χ2n) is 4.81. The number of nitrogens with one attached hydrogen (secondary N) is 1. The number of rotatable bonds is 2. The van der Waals surface area contributed by atoms with Gasteiger partial charge in [0.2, 0.25) is 0 Å². The van der Waals surface area contributed by atoms with Gasteiger partial charge in [0.15, 0.2) is 0 Å². The molecule has 108 valence electrons. The van der Waals surface area contributed by atoms with E-state index in [4.69, 9.17) is 9.47 Å². The molecule has 1 N–H and O–H groups in total. The second-order valence-corrected chi connectivity index (χ2v) is 4.81. The number of ether oxygens (including phenoxy) is 2. The monoisotopic (exact) mass is 267 g/mol. The molecule has 1 rings (SSSR count). The second kappa shape index (κ2) is 7.67. The van der Waals surface area contributed by atoms with Crippen LogP contribution in [-0.2, 0) is 4.74 Å². The molecule has 0 aliphatic carbocycles. The van der Waals surface area contributed by atoms with Crippen LogP contribution in [0.1, 0.15) is 40.2 Å². The maximum atomic E-state index is 11.5. The summed E-state index contributed by atoms with van der Waals surface area (Å²) in [5, 5.41) is 2.66. The predicted molar refractivity (Wildman–Crippen MR) is 78.9 cm³/mol. The van der Waals surface area contributed by atoms with Crippen LogP contribution in [0.4, 0.5) is 10.5 Å². The van der Waals surface area contributed by atoms with Crippen molar-refractivity contribution in [3.05, 3.63) is 23.8 Å². The highest BCUT2D eigenvalue weighted by atomic mass is 16.6. The van der Waals surface area contributed by atoms with Gasteiger partial charge in [0.1, 0.15) is 11.4 Å². The number of anilines is 1. The van der Waals surface area contributed by atoms with Gasteiger partial charge in [-0.05, 0) is 39.3 Å². The van der Waals surface area contributed by atoms with Gasteiger partial charge < -0.3 is 9.47 Å². The lowest BCUT2D eigenvalue weighted by molar-refractivity contribution is 0.0636. The largest absolute Gasteiger partial charge is 0.496 e. The van der Waals surface area contributed by atoms with Gasteiger partial charge in [0.05, 0.1) is 7.11 Å². The fraction of sp³-hybridized carbons (Fsp3) is 0.533. The molecule has 19 heavy (non-hydrogen) atoms.